The molecule has 1 aliphatic rings. The van der Waals surface area contributed by atoms with Crippen molar-refractivity contribution in [2.24, 2.45) is 5.73 Å². The van der Waals surface area contributed by atoms with Crippen molar-refractivity contribution in [3.05, 3.63) is 53.7 Å². The summed E-state index contributed by atoms with van der Waals surface area (Å²) in [6, 6.07) is 1.44. The van der Waals surface area contributed by atoms with E-state index in [0.29, 0.717) is 12.0 Å². The van der Waals surface area contributed by atoms with E-state index in [1.165, 1.54) is 24.8 Å². The summed E-state index contributed by atoms with van der Waals surface area (Å²) >= 11 is 6.25. The Bertz CT molecular complexity index is 1110. The number of imidazole rings is 1. The van der Waals surface area contributed by atoms with Gasteiger partial charge in [-0.05, 0) is 25.0 Å². The average Bonchev–Trinajstić information content (AvgIpc) is 3.40. The smallest absolute Gasteiger partial charge is 0.420 e. The number of rotatable bonds is 3. The number of nitrogens with zero attached hydrogens (tertiary/aromatic N) is 3. The molecule has 0 aromatic carbocycles. The van der Waals surface area contributed by atoms with Crippen molar-refractivity contribution in [1.82, 2.24) is 14.3 Å². The number of nitrogens with two attached hydrogens (primary N) is 1. The Hall–Kier alpha value is -3.01. The number of alkyl halides is 3. The van der Waals surface area contributed by atoms with E-state index in [4.69, 9.17) is 21.8 Å². The summed E-state index contributed by atoms with van der Waals surface area (Å²) in [5.41, 5.74) is 3.91. The summed E-state index contributed by atoms with van der Waals surface area (Å²) in [6.45, 7) is 0.184. The third-order valence-electron chi connectivity index (χ3n) is 4.67. The summed E-state index contributed by atoms with van der Waals surface area (Å²) in [7, 11) is 0. The van der Waals surface area contributed by atoms with Gasteiger partial charge in [0.05, 0.1) is 18.1 Å². The Morgan fingerprint density at radius 1 is 1.31 bits per heavy atom. The molecule has 1 aliphatic heterocycles. The monoisotopic (exact) mass is 425 g/mol. The zero-order valence-corrected chi connectivity index (χ0v) is 15.4. The molecule has 1 radical (unpaired) electrons. The van der Waals surface area contributed by atoms with Gasteiger partial charge in [0, 0.05) is 23.9 Å². The highest BCUT2D eigenvalue weighted by Gasteiger charge is 2.39. The number of pyridine rings is 1. The molecule has 3 aromatic rings. The molecule has 0 bridgehead atoms. The van der Waals surface area contributed by atoms with E-state index in [2.05, 4.69) is 4.98 Å². The van der Waals surface area contributed by atoms with Crippen LogP contribution in [0.5, 0.6) is 0 Å². The zero-order chi connectivity index (χ0) is 20.9. The van der Waals surface area contributed by atoms with Crippen molar-refractivity contribution in [2.75, 3.05) is 6.54 Å². The number of furan rings is 1. The third-order valence-corrected chi connectivity index (χ3v) is 5.03. The van der Waals surface area contributed by atoms with Crippen molar-refractivity contribution in [1.29, 1.82) is 0 Å². The van der Waals surface area contributed by atoms with Gasteiger partial charge in [-0.25, -0.2) is 4.98 Å². The molecule has 0 aliphatic carbocycles. The van der Waals surface area contributed by atoms with E-state index in [1.54, 1.807) is 6.42 Å². The summed E-state index contributed by atoms with van der Waals surface area (Å²) in [4.78, 5) is 29.4. The first kappa shape index (κ1) is 19.3. The van der Waals surface area contributed by atoms with Crippen LogP contribution >= 0.6 is 11.6 Å². The molecule has 0 spiro atoms. The van der Waals surface area contributed by atoms with Gasteiger partial charge >= 0.3 is 6.18 Å². The van der Waals surface area contributed by atoms with Crippen LogP contribution in [-0.4, -0.2) is 38.7 Å². The topological polar surface area (TPSA) is 93.8 Å². The lowest BCUT2D eigenvalue weighted by Crippen LogP contribution is -2.44. The van der Waals surface area contributed by atoms with Gasteiger partial charge < -0.3 is 15.1 Å². The molecule has 3 aromatic heterocycles. The molecule has 7 nitrogen and oxygen atoms in total. The highest BCUT2D eigenvalue weighted by Crippen LogP contribution is 2.37. The average molecular weight is 426 g/mol. The summed E-state index contributed by atoms with van der Waals surface area (Å²) < 4.78 is 46.9. The molecule has 11 heteroatoms. The minimum absolute atomic E-state index is 0.182. The van der Waals surface area contributed by atoms with Crippen LogP contribution in [0.3, 0.4) is 0 Å². The van der Waals surface area contributed by atoms with E-state index >= 15 is 0 Å². The zero-order valence-electron chi connectivity index (χ0n) is 14.6. The third kappa shape index (κ3) is 3.23. The Balaban J connectivity index is 1.88. The quantitative estimate of drug-likeness (QED) is 0.697. The molecule has 29 heavy (non-hydrogen) atoms. The maximum absolute atomic E-state index is 13.7. The maximum atomic E-state index is 13.7. The molecular weight excluding hydrogens is 413 g/mol. The Morgan fingerprint density at radius 2 is 2.07 bits per heavy atom. The lowest BCUT2D eigenvalue weighted by atomic mass is 10.1. The van der Waals surface area contributed by atoms with Crippen LogP contribution in [0.1, 0.15) is 22.5 Å². The second-order valence-electron chi connectivity index (χ2n) is 6.47. The number of carbonyl (C=O) groups excluding carboxylic acids is 2. The van der Waals surface area contributed by atoms with Crippen molar-refractivity contribution >= 4 is 29.1 Å². The van der Waals surface area contributed by atoms with Crippen LogP contribution in [0.4, 0.5) is 13.2 Å². The first-order valence-electron chi connectivity index (χ1n) is 8.43. The van der Waals surface area contributed by atoms with Crippen LogP contribution < -0.4 is 5.73 Å². The number of fused-ring (bicyclic) bond motifs is 1. The van der Waals surface area contributed by atoms with Crippen LogP contribution in [0.25, 0.3) is 16.8 Å². The molecule has 2 N–H and O–H groups in total. The van der Waals surface area contributed by atoms with E-state index in [1.807, 2.05) is 0 Å². The van der Waals surface area contributed by atoms with Crippen LogP contribution in [0, 0.1) is 6.42 Å². The molecule has 1 fully saturated rings. The van der Waals surface area contributed by atoms with E-state index in [-0.39, 0.29) is 23.0 Å². The van der Waals surface area contributed by atoms with Gasteiger partial charge in [0.1, 0.15) is 11.2 Å². The normalized spacial score (nSPS) is 17.2. The summed E-state index contributed by atoms with van der Waals surface area (Å²) in [5.74, 6) is -1.51. The molecule has 1 saturated heterocycles. The van der Waals surface area contributed by atoms with Crippen molar-refractivity contribution in [3.63, 3.8) is 0 Å². The first-order chi connectivity index (χ1) is 13.7. The standard InChI is InChI=1S/C18H13ClF3N4O3/c19-14-13(17(28)25-4-1-2-12(25)15(23)27)24-16-11(18(20,21)22)6-10(7-26(14)16)9-3-5-29-8-9/h2-3,5-8,12H,1,4H2,(H2,23,27). The Labute approximate surface area is 166 Å². The molecule has 0 saturated carbocycles. The number of halogens is 4. The van der Waals surface area contributed by atoms with Gasteiger partial charge in [0.25, 0.3) is 5.91 Å². The first-order valence-corrected chi connectivity index (χ1v) is 8.81. The maximum Gasteiger partial charge on any atom is 0.420 e. The summed E-state index contributed by atoms with van der Waals surface area (Å²) in [5, 5.41) is -0.295. The van der Waals surface area contributed by atoms with Crippen molar-refractivity contribution in [2.45, 2.75) is 18.6 Å². The lowest BCUT2D eigenvalue weighted by Gasteiger charge is -2.20. The van der Waals surface area contributed by atoms with Gasteiger partial charge in [-0.3, -0.25) is 14.0 Å². The molecule has 151 valence electrons. The second kappa shape index (κ2) is 6.80. The fraction of sp³-hybridized carbons (Fsp3) is 0.222. The number of primary amides is 1. The van der Waals surface area contributed by atoms with Gasteiger partial charge in [-0.1, -0.05) is 11.6 Å². The van der Waals surface area contributed by atoms with Gasteiger partial charge in [0.15, 0.2) is 11.3 Å². The number of carbonyl (C=O) groups is 2. The Kier molecular flexibility index (Phi) is 4.53. The van der Waals surface area contributed by atoms with Crippen molar-refractivity contribution < 1.29 is 27.2 Å². The van der Waals surface area contributed by atoms with Gasteiger partial charge in [0.2, 0.25) is 5.91 Å². The highest BCUT2D eigenvalue weighted by molar-refractivity contribution is 6.33. The van der Waals surface area contributed by atoms with Crippen LogP contribution in [-0.2, 0) is 11.0 Å². The van der Waals surface area contributed by atoms with Crippen LogP contribution in [0.2, 0.25) is 5.15 Å². The van der Waals surface area contributed by atoms with Gasteiger partial charge in [-0.2, -0.15) is 13.2 Å². The number of aromatic nitrogens is 2. The van der Waals surface area contributed by atoms with Crippen molar-refractivity contribution in [3.8, 4) is 11.1 Å². The fourth-order valence-corrected chi connectivity index (χ4v) is 3.57. The number of likely N-dealkylation sites (tertiary alicyclic amines) is 1. The molecular formula is C18H13ClF3N4O3. The van der Waals surface area contributed by atoms with E-state index < -0.39 is 35.2 Å². The molecule has 2 amide bonds. The predicted octanol–water partition coefficient (Wildman–Crippen LogP) is 3.17. The number of hydrogen-bond donors (Lipinski definition) is 1. The molecule has 1 atom stereocenters. The minimum atomic E-state index is -4.74. The second-order valence-corrected chi connectivity index (χ2v) is 6.83. The summed E-state index contributed by atoms with van der Waals surface area (Å²) in [6.07, 6.45) is 1.18. The van der Waals surface area contributed by atoms with Gasteiger partial charge in [-0.15, -0.1) is 0 Å². The van der Waals surface area contributed by atoms with E-state index in [9.17, 15) is 22.8 Å². The molecule has 4 rings (SSSR count). The minimum Gasteiger partial charge on any atom is -0.472 e. The molecule has 4 heterocycles. The Morgan fingerprint density at radius 3 is 2.69 bits per heavy atom. The van der Waals surface area contributed by atoms with Crippen LogP contribution in [0.15, 0.2) is 35.3 Å². The fourth-order valence-electron chi connectivity index (χ4n) is 3.32. The number of hydrogen-bond acceptors (Lipinski definition) is 4. The lowest BCUT2D eigenvalue weighted by molar-refractivity contribution is -0.136. The highest BCUT2D eigenvalue weighted by atomic mass is 35.5. The largest absolute Gasteiger partial charge is 0.472 e. The number of amides is 2. The predicted molar refractivity (Wildman–Crippen MR) is 95.8 cm³/mol. The SMILES string of the molecule is NC(=O)C1[CH]CCN1C(=O)c1nc2c(C(F)(F)F)cc(-c3ccoc3)cn2c1Cl. The van der Waals surface area contributed by atoms with E-state index in [0.717, 1.165) is 15.4 Å². The molecule has 1 unspecified atom stereocenters.